The topological polar surface area (TPSA) is 50.7 Å². The van der Waals surface area contributed by atoms with Crippen molar-refractivity contribution in [1.29, 1.82) is 0 Å². The second-order valence-corrected chi connectivity index (χ2v) is 8.77. The van der Waals surface area contributed by atoms with Crippen molar-refractivity contribution in [3.05, 3.63) is 99.0 Å². The summed E-state index contributed by atoms with van der Waals surface area (Å²) in [5.41, 5.74) is -3.71. The monoisotopic (exact) mass is 546 g/mol. The van der Waals surface area contributed by atoms with E-state index in [1.807, 2.05) is 0 Å². The van der Waals surface area contributed by atoms with Crippen molar-refractivity contribution >= 4 is 40.5 Å². The number of hydrogen-bond acceptors (Lipinski definition) is 3. The van der Waals surface area contributed by atoms with E-state index >= 15 is 0 Å². The number of nitrogens with zero attached hydrogens (tertiary/aromatic N) is 1. The molecule has 4 rings (SSSR count). The SMILES string of the molecule is O=C(Nc1cccc(C2=NOC(c3cc(Cl)cc(Cl)c3)(C(F)(F)F)C2)c1)c1ccc(C(F)(F)F)cc1. The number of halogens is 8. The zero-order valence-corrected chi connectivity index (χ0v) is 19.4. The van der Waals surface area contributed by atoms with E-state index in [-0.39, 0.29) is 38.1 Å². The Balaban J connectivity index is 1.56. The summed E-state index contributed by atoms with van der Waals surface area (Å²) in [6.07, 6.45) is -10.1. The highest BCUT2D eigenvalue weighted by Gasteiger charge is 2.62. The van der Waals surface area contributed by atoms with E-state index in [2.05, 4.69) is 10.5 Å². The maximum atomic E-state index is 14.2. The van der Waals surface area contributed by atoms with Gasteiger partial charge in [0.1, 0.15) is 0 Å². The van der Waals surface area contributed by atoms with Crippen LogP contribution in [0.15, 0.2) is 71.9 Å². The van der Waals surface area contributed by atoms with Gasteiger partial charge < -0.3 is 10.2 Å². The van der Waals surface area contributed by atoms with Gasteiger partial charge in [0.25, 0.3) is 11.5 Å². The minimum Gasteiger partial charge on any atom is -0.374 e. The minimum absolute atomic E-state index is 0.00819. The normalized spacial score (nSPS) is 17.9. The molecule has 1 amide bonds. The number of rotatable bonds is 4. The first-order valence-corrected chi connectivity index (χ1v) is 10.9. The molecule has 3 aromatic rings. The van der Waals surface area contributed by atoms with E-state index < -0.39 is 35.8 Å². The molecule has 0 fully saturated rings. The van der Waals surface area contributed by atoms with Gasteiger partial charge in [-0.15, -0.1) is 0 Å². The van der Waals surface area contributed by atoms with Gasteiger partial charge in [0, 0.05) is 38.8 Å². The zero-order chi connectivity index (χ0) is 26.3. The summed E-state index contributed by atoms with van der Waals surface area (Å²) in [4.78, 5) is 17.4. The average Bonchev–Trinajstić information content (AvgIpc) is 3.25. The van der Waals surface area contributed by atoms with Crippen LogP contribution in [-0.4, -0.2) is 17.8 Å². The average molecular weight is 547 g/mol. The molecule has 188 valence electrons. The first-order valence-electron chi connectivity index (χ1n) is 10.2. The smallest absolute Gasteiger partial charge is 0.374 e. The van der Waals surface area contributed by atoms with Crippen LogP contribution in [0.4, 0.5) is 32.0 Å². The maximum absolute atomic E-state index is 14.2. The van der Waals surface area contributed by atoms with E-state index in [0.717, 1.165) is 36.4 Å². The molecular formula is C24H14Cl2F6N2O2. The molecule has 1 unspecified atom stereocenters. The fraction of sp³-hybridized carbons (Fsp3) is 0.167. The van der Waals surface area contributed by atoms with Crippen LogP contribution in [0.5, 0.6) is 0 Å². The highest BCUT2D eigenvalue weighted by Crippen LogP contribution is 2.49. The van der Waals surface area contributed by atoms with Crippen LogP contribution in [0.3, 0.4) is 0 Å². The number of carbonyl (C=O) groups is 1. The highest BCUT2D eigenvalue weighted by molar-refractivity contribution is 6.34. The summed E-state index contributed by atoms with van der Waals surface area (Å²) in [5, 5.41) is 6.15. The van der Waals surface area contributed by atoms with Crippen LogP contribution >= 0.6 is 23.2 Å². The predicted molar refractivity (Wildman–Crippen MR) is 122 cm³/mol. The van der Waals surface area contributed by atoms with E-state index in [1.165, 1.54) is 30.3 Å². The number of nitrogens with one attached hydrogen (secondary N) is 1. The van der Waals surface area contributed by atoms with Gasteiger partial charge in [-0.05, 0) is 54.6 Å². The number of amides is 1. The summed E-state index contributed by atoms with van der Waals surface area (Å²) < 4.78 is 80.7. The van der Waals surface area contributed by atoms with Gasteiger partial charge in [-0.3, -0.25) is 4.79 Å². The molecule has 0 spiro atoms. The van der Waals surface area contributed by atoms with Crippen molar-refractivity contribution in [2.24, 2.45) is 5.16 Å². The minimum atomic E-state index is -4.87. The van der Waals surface area contributed by atoms with Gasteiger partial charge in [0.05, 0.1) is 11.3 Å². The van der Waals surface area contributed by atoms with Crippen LogP contribution in [0, 0.1) is 0 Å². The molecule has 3 aromatic carbocycles. The van der Waals surface area contributed by atoms with Crippen molar-refractivity contribution in [3.8, 4) is 0 Å². The number of carbonyl (C=O) groups excluding carboxylic acids is 1. The zero-order valence-electron chi connectivity index (χ0n) is 17.8. The fourth-order valence-corrected chi connectivity index (χ4v) is 4.16. The molecule has 1 atom stereocenters. The van der Waals surface area contributed by atoms with Crippen LogP contribution < -0.4 is 5.32 Å². The van der Waals surface area contributed by atoms with Crippen LogP contribution in [0.2, 0.25) is 10.0 Å². The molecular weight excluding hydrogens is 533 g/mol. The quantitative estimate of drug-likeness (QED) is 0.339. The first-order chi connectivity index (χ1) is 16.8. The molecule has 1 heterocycles. The van der Waals surface area contributed by atoms with E-state index in [1.54, 1.807) is 0 Å². The van der Waals surface area contributed by atoms with Crippen LogP contribution in [0.25, 0.3) is 0 Å². The Hall–Kier alpha value is -3.24. The lowest BCUT2D eigenvalue weighted by molar-refractivity contribution is -0.275. The number of hydrogen-bond donors (Lipinski definition) is 1. The third-order valence-electron chi connectivity index (χ3n) is 5.44. The van der Waals surface area contributed by atoms with Gasteiger partial charge in [0.15, 0.2) is 0 Å². The molecule has 0 aromatic heterocycles. The Morgan fingerprint density at radius 1 is 0.917 bits per heavy atom. The third kappa shape index (κ3) is 5.15. The fourth-order valence-electron chi connectivity index (χ4n) is 3.64. The summed E-state index contributed by atoms with van der Waals surface area (Å²) in [7, 11) is 0. The molecule has 36 heavy (non-hydrogen) atoms. The van der Waals surface area contributed by atoms with E-state index in [0.29, 0.717) is 0 Å². The molecule has 0 saturated heterocycles. The molecule has 0 radical (unpaired) electrons. The molecule has 1 aliphatic heterocycles. The molecule has 12 heteroatoms. The van der Waals surface area contributed by atoms with E-state index in [9.17, 15) is 31.1 Å². The van der Waals surface area contributed by atoms with Crippen LogP contribution in [-0.2, 0) is 16.6 Å². The molecule has 1 aliphatic rings. The highest BCUT2D eigenvalue weighted by atomic mass is 35.5. The summed E-state index contributed by atoms with van der Waals surface area (Å²) in [5.74, 6) is -0.705. The lowest BCUT2D eigenvalue weighted by Crippen LogP contribution is -2.42. The molecule has 4 nitrogen and oxygen atoms in total. The largest absolute Gasteiger partial charge is 0.435 e. The molecule has 0 bridgehead atoms. The Bertz CT molecular complexity index is 1320. The molecule has 0 saturated carbocycles. The van der Waals surface area contributed by atoms with Gasteiger partial charge in [-0.25, -0.2) is 0 Å². The van der Waals surface area contributed by atoms with Crippen LogP contribution in [0.1, 0.15) is 33.5 Å². The summed E-state index contributed by atoms with van der Waals surface area (Å²) in [6.45, 7) is 0. The van der Waals surface area contributed by atoms with Crippen molar-refractivity contribution in [2.45, 2.75) is 24.4 Å². The molecule has 1 N–H and O–H groups in total. The Morgan fingerprint density at radius 2 is 1.56 bits per heavy atom. The lowest BCUT2D eigenvalue weighted by atomic mass is 9.86. The van der Waals surface area contributed by atoms with Gasteiger partial charge in [0.2, 0.25) is 0 Å². The van der Waals surface area contributed by atoms with Crippen molar-refractivity contribution < 1.29 is 36.0 Å². The molecule has 0 aliphatic carbocycles. The summed E-state index contributed by atoms with van der Waals surface area (Å²) >= 11 is 11.8. The van der Waals surface area contributed by atoms with Crippen molar-refractivity contribution in [2.75, 3.05) is 5.32 Å². The van der Waals surface area contributed by atoms with Crippen molar-refractivity contribution in [1.82, 2.24) is 0 Å². The second kappa shape index (κ2) is 9.33. The Kier molecular flexibility index (Phi) is 6.70. The first kappa shape index (κ1) is 25.8. The maximum Gasteiger partial charge on any atom is 0.435 e. The number of alkyl halides is 6. The Morgan fingerprint density at radius 3 is 2.14 bits per heavy atom. The number of benzene rings is 3. The standard InChI is InChI=1S/C24H14Cl2F6N2O2/c25-17-9-16(10-18(26)11-17)22(24(30,31)32)12-20(34-36-22)14-2-1-3-19(8-14)33-21(35)13-4-6-15(7-5-13)23(27,28)29/h1-11H,12H2,(H,33,35). The number of anilines is 1. The summed E-state index contributed by atoms with van der Waals surface area (Å²) in [6, 6.07) is 12.9. The van der Waals surface area contributed by atoms with Gasteiger partial charge in [-0.1, -0.05) is 40.5 Å². The van der Waals surface area contributed by atoms with E-state index in [4.69, 9.17) is 28.0 Å². The number of oxime groups is 1. The van der Waals surface area contributed by atoms with Gasteiger partial charge in [-0.2, -0.15) is 26.3 Å². The Labute approximate surface area is 210 Å². The second-order valence-electron chi connectivity index (χ2n) is 7.90. The predicted octanol–water partition coefficient (Wildman–Crippen LogP) is 7.85. The lowest BCUT2D eigenvalue weighted by Gasteiger charge is -2.29. The third-order valence-corrected chi connectivity index (χ3v) is 5.88. The van der Waals surface area contributed by atoms with Crippen molar-refractivity contribution in [3.63, 3.8) is 0 Å². The van der Waals surface area contributed by atoms with Gasteiger partial charge >= 0.3 is 12.4 Å².